The first kappa shape index (κ1) is 27.1. The first-order chi connectivity index (χ1) is 14.6. The second-order valence-corrected chi connectivity index (χ2v) is 7.38. The van der Waals surface area contributed by atoms with Crippen LogP contribution in [0.2, 0.25) is 0 Å². The zero-order valence-corrected chi connectivity index (χ0v) is 18.5. The van der Waals surface area contributed by atoms with E-state index in [4.69, 9.17) is 31.7 Å². The number of unbranched alkanes of at least 4 members (excludes halogenated alkanes) is 2. The van der Waals surface area contributed by atoms with Gasteiger partial charge in [0.1, 0.15) is 12.2 Å². The van der Waals surface area contributed by atoms with Crippen molar-refractivity contribution in [2.45, 2.75) is 95.7 Å². The molecule has 0 aromatic heterocycles. The number of amides is 1. The fourth-order valence-corrected chi connectivity index (χ4v) is 3.29. The number of hydrogen-bond acceptors (Lipinski definition) is 7. The SMILES string of the molecule is [B]OC1C(CC)OC(OC[C@H](NC=O)[C@H](O)C=C)C(OCCCC)C1OCCCC. The molecule has 172 valence electrons. The fourth-order valence-electron chi connectivity index (χ4n) is 3.29. The highest BCUT2D eigenvalue weighted by molar-refractivity contribution is 5.98. The van der Waals surface area contributed by atoms with Crippen LogP contribution in [0.15, 0.2) is 12.7 Å². The van der Waals surface area contributed by atoms with Crippen LogP contribution in [0.1, 0.15) is 52.9 Å². The lowest BCUT2D eigenvalue weighted by atomic mass is 9.95. The third-order valence-electron chi connectivity index (χ3n) is 5.14. The molecule has 0 spiro atoms. The smallest absolute Gasteiger partial charge is 0.283 e. The summed E-state index contributed by atoms with van der Waals surface area (Å²) >= 11 is 0. The van der Waals surface area contributed by atoms with Crippen LogP contribution in [0.3, 0.4) is 0 Å². The maximum absolute atomic E-state index is 10.9. The molecule has 2 radical (unpaired) electrons. The van der Waals surface area contributed by atoms with Crippen LogP contribution >= 0.6 is 0 Å². The predicted octanol–water partition coefficient (Wildman–Crippen LogP) is 1.64. The summed E-state index contributed by atoms with van der Waals surface area (Å²) < 4.78 is 29.6. The molecule has 1 aliphatic heterocycles. The molecule has 0 saturated carbocycles. The molecule has 1 rings (SSSR count). The van der Waals surface area contributed by atoms with Crippen molar-refractivity contribution in [1.29, 1.82) is 0 Å². The summed E-state index contributed by atoms with van der Waals surface area (Å²) in [6, 6.07) is -0.664. The Bertz CT molecular complexity index is 471. The number of rotatable bonds is 17. The van der Waals surface area contributed by atoms with Crippen LogP contribution in [-0.4, -0.2) is 82.2 Å². The molecule has 1 saturated heterocycles. The quantitative estimate of drug-likeness (QED) is 0.158. The van der Waals surface area contributed by atoms with Crippen molar-refractivity contribution in [1.82, 2.24) is 5.32 Å². The topological polar surface area (TPSA) is 95.5 Å². The Morgan fingerprint density at radius 3 is 2.23 bits per heavy atom. The van der Waals surface area contributed by atoms with Gasteiger partial charge in [0, 0.05) is 13.2 Å². The summed E-state index contributed by atoms with van der Waals surface area (Å²) in [6.45, 7) is 10.8. The predicted molar refractivity (Wildman–Crippen MR) is 114 cm³/mol. The summed E-state index contributed by atoms with van der Waals surface area (Å²) in [4.78, 5) is 10.9. The standard InChI is InChI=1S/C21H38BNO7/c1-5-9-11-26-19-18(30-22)17(8-4)29-21(20(19)27-12-10-6-2)28-13-15(23-14-24)16(25)7-3/h7,14-21,25H,3,5-6,8-13H2,1-2,4H3,(H,23,24)/t15-,16+,17?,18?,19?,20?,21?/m0/s1. The third kappa shape index (κ3) is 8.28. The number of nitrogens with one attached hydrogen (secondary N) is 1. The van der Waals surface area contributed by atoms with Gasteiger partial charge < -0.3 is 34.0 Å². The normalized spacial score (nSPS) is 28.6. The third-order valence-corrected chi connectivity index (χ3v) is 5.14. The van der Waals surface area contributed by atoms with E-state index in [2.05, 4.69) is 25.7 Å². The van der Waals surface area contributed by atoms with E-state index in [0.29, 0.717) is 26.0 Å². The van der Waals surface area contributed by atoms with Gasteiger partial charge in [-0.2, -0.15) is 0 Å². The van der Waals surface area contributed by atoms with Crippen LogP contribution in [0.4, 0.5) is 0 Å². The van der Waals surface area contributed by atoms with Gasteiger partial charge in [-0.25, -0.2) is 0 Å². The second-order valence-electron chi connectivity index (χ2n) is 7.38. The number of aliphatic hydroxyl groups is 1. The Hall–Kier alpha value is -0.965. The molecule has 0 aliphatic carbocycles. The van der Waals surface area contributed by atoms with E-state index in [1.807, 2.05) is 6.92 Å². The Balaban J connectivity index is 3.00. The zero-order valence-electron chi connectivity index (χ0n) is 18.5. The fraction of sp³-hybridized carbons (Fsp3) is 0.857. The Morgan fingerprint density at radius 2 is 1.73 bits per heavy atom. The van der Waals surface area contributed by atoms with E-state index in [9.17, 15) is 9.90 Å². The van der Waals surface area contributed by atoms with E-state index in [1.54, 1.807) is 0 Å². The largest absolute Gasteiger partial charge is 0.440 e. The van der Waals surface area contributed by atoms with Crippen molar-refractivity contribution in [2.75, 3.05) is 19.8 Å². The molecule has 1 fully saturated rings. The number of carbonyl (C=O) groups excluding carboxylic acids is 1. The number of hydrogen-bond donors (Lipinski definition) is 2. The number of aliphatic hydroxyl groups excluding tert-OH is 1. The molecule has 0 aromatic carbocycles. The van der Waals surface area contributed by atoms with Crippen LogP contribution in [0, 0.1) is 0 Å². The van der Waals surface area contributed by atoms with Crippen molar-refractivity contribution >= 4 is 14.5 Å². The molecular formula is C21H38BNO7. The van der Waals surface area contributed by atoms with E-state index in [0.717, 1.165) is 25.7 Å². The lowest BCUT2D eigenvalue weighted by Crippen LogP contribution is -2.61. The van der Waals surface area contributed by atoms with Crippen molar-refractivity contribution in [3.05, 3.63) is 12.7 Å². The second kappa shape index (κ2) is 15.8. The van der Waals surface area contributed by atoms with E-state index < -0.39 is 36.7 Å². The van der Waals surface area contributed by atoms with E-state index >= 15 is 0 Å². The van der Waals surface area contributed by atoms with Gasteiger partial charge in [-0.05, 0) is 19.3 Å². The molecule has 0 bridgehead atoms. The lowest BCUT2D eigenvalue weighted by Gasteiger charge is -2.46. The highest BCUT2D eigenvalue weighted by Crippen LogP contribution is 2.30. The minimum Gasteiger partial charge on any atom is -0.440 e. The molecule has 1 aliphatic rings. The van der Waals surface area contributed by atoms with Gasteiger partial charge in [0.05, 0.1) is 31.0 Å². The van der Waals surface area contributed by atoms with Crippen LogP contribution in [0.5, 0.6) is 0 Å². The maximum Gasteiger partial charge on any atom is 0.283 e. The Labute approximate surface area is 182 Å². The molecule has 0 aromatic rings. The number of carbonyl (C=O) groups is 1. The van der Waals surface area contributed by atoms with Gasteiger partial charge in [0.2, 0.25) is 6.41 Å². The first-order valence-corrected chi connectivity index (χ1v) is 10.9. The summed E-state index contributed by atoms with van der Waals surface area (Å²) in [7, 11) is 5.60. The zero-order chi connectivity index (χ0) is 22.4. The van der Waals surface area contributed by atoms with Gasteiger partial charge in [0.25, 0.3) is 8.05 Å². The summed E-state index contributed by atoms with van der Waals surface area (Å²) in [5.41, 5.74) is 0. The van der Waals surface area contributed by atoms with Gasteiger partial charge in [-0.15, -0.1) is 6.58 Å². The van der Waals surface area contributed by atoms with Gasteiger partial charge >= 0.3 is 0 Å². The van der Waals surface area contributed by atoms with Crippen molar-refractivity contribution in [2.24, 2.45) is 0 Å². The van der Waals surface area contributed by atoms with Gasteiger partial charge in [0.15, 0.2) is 6.29 Å². The molecule has 5 unspecified atom stereocenters. The highest BCUT2D eigenvalue weighted by atomic mass is 16.7. The lowest BCUT2D eigenvalue weighted by molar-refractivity contribution is -0.310. The molecule has 1 heterocycles. The summed E-state index contributed by atoms with van der Waals surface area (Å²) in [5, 5.41) is 12.6. The van der Waals surface area contributed by atoms with Crippen LogP contribution in [0.25, 0.3) is 0 Å². The van der Waals surface area contributed by atoms with Crippen LogP contribution < -0.4 is 5.32 Å². The highest BCUT2D eigenvalue weighted by Gasteiger charge is 2.47. The Kier molecular flexibility index (Phi) is 14.2. The minimum atomic E-state index is -0.961. The summed E-state index contributed by atoms with van der Waals surface area (Å²) in [5.74, 6) is 0. The van der Waals surface area contributed by atoms with Gasteiger partial charge in [-0.1, -0.05) is 39.7 Å². The average Bonchev–Trinajstić information content (AvgIpc) is 2.76. The van der Waals surface area contributed by atoms with Crippen molar-refractivity contribution in [3.8, 4) is 0 Å². The molecule has 1 amide bonds. The molecule has 2 N–H and O–H groups in total. The van der Waals surface area contributed by atoms with Crippen molar-refractivity contribution in [3.63, 3.8) is 0 Å². The van der Waals surface area contributed by atoms with E-state index in [-0.39, 0.29) is 12.7 Å². The first-order valence-electron chi connectivity index (χ1n) is 10.9. The van der Waals surface area contributed by atoms with Gasteiger partial charge in [-0.3, -0.25) is 4.79 Å². The minimum absolute atomic E-state index is 0.0104. The maximum atomic E-state index is 10.9. The summed E-state index contributed by atoms with van der Waals surface area (Å²) in [6.07, 6.45) is 2.63. The van der Waals surface area contributed by atoms with Crippen LogP contribution in [-0.2, 0) is 28.4 Å². The molecular weight excluding hydrogens is 389 g/mol. The molecule has 8 nitrogen and oxygen atoms in total. The molecule has 7 atom stereocenters. The Morgan fingerprint density at radius 1 is 1.10 bits per heavy atom. The monoisotopic (exact) mass is 427 g/mol. The van der Waals surface area contributed by atoms with E-state index in [1.165, 1.54) is 6.08 Å². The molecule has 9 heteroatoms. The molecule has 30 heavy (non-hydrogen) atoms. The number of ether oxygens (including phenoxy) is 4. The average molecular weight is 427 g/mol. The van der Waals surface area contributed by atoms with Crippen molar-refractivity contribution < 1.29 is 33.5 Å².